The Morgan fingerprint density at radius 1 is 0.622 bits per heavy atom. The molecule has 0 aliphatic carbocycles. The number of H-pyrrole nitrogens is 1. The Kier molecular flexibility index (Phi) is 23.7. The number of nitrogens with two attached hydrogens (primary N) is 3. The average Bonchev–Trinajstić information content (AvgIpc) is 3.78. The highest BCUT2D eigenvalue weighted by molar-refractivity contribution is 7.80. The van der Waals surface area contributed by atoms with Gasteiger partial charge in [-0.1, -0.05) is 60.7 Å². The monoisotopic (exact) mass is 1060 g/mol. The number of nitrogens with zero attached hydrogens (tertiary/aromatic N) is 1. The average molecular weight is 1060 g/mol. The summed E-state index contributed by atoms with van der Waals surface area (Å²) in [6, 6.07) is 11.0. The first-order valence-electron chi connectivity index (χ1n) is 24.0. The first-order chi connectivity index (χ1) is 35.2. The molecule has 3 aromatic carbocycles. The number of rotatable bonds is 29. The van der Waals surface area contributed by atoms with Gasteiger partial charge in [-0.3, -0.25) is 38.4 Å². The number of aliphatic hydroxyl groups is 2. The van der Waals surface area contributed by atoms with Gasteiger partial charge in [0.05, 0.1) is 18.2 Å². The zero-order valence-corrected chi connectivity index (χ0v) is 43.2. The minimum Gasteiger partial charge on any atom is -0.508 e. The number of phenolic OH excluding ortho intramolecular Hbond substituents is 1. The second kappa shape index (κ2) is 29.3. The normalized spacial score (nSPS) is 15.3. The number of hydrogen-bond donors (Lipinski definition) is 15. The number of hydrogen-bond acceptors (Lipinski definition) is 15. The number of likely N-dealkylation sites (N-methyl/N-ethyl adjacent to an activating group) is 1. The summed E-state index contributed by atoms with van der Waals surface area (Å²) < 4.78 is 0. The molecule has 4 aromatic rings. The van der Waals surface area contributed by atoms with Crippen LogP contribution in [0, 0.1) is 0 Å². The fraction of sp³-hybridized carbons (Fsp3) is 0.440. The van der Waals surface area contributed by atoms with Crippen molar-refractivity contribution in [3.8, 4) is 5.75 Å². The summed E-state index contributed by atoms with van der Waals surface area (Å²) in [4.78, 5) is 114. The van der Waals surface area contributed by atoms with Crippen molar-refractivity contribution in [3.05, 3.63) is 102 Å². The van der Waals surface area contributed by atoms with Crippen molar-refractivity contribution in [2.24, 2.45) is 17.2 Å². The number of aromatic amines is 1. The summed E-state index contributed by atoms with van der Waals surface area (Å²) in [7, 11) is 1.20. The maximum Gasteiger partial charge on any atom is 0.246 e. The Balaban J connectivity index is 1.62. The number of para-hydroxylation sites is 1. The van der Waals surface area contributed by atoms with E-state index in [1.165, 1.54) is 33.0 Å². The van der Waals surface area contributed by atoms with Gasteiger partial charge in [0.2, 0.25) is 47.3 Å². The molecule has 0 spiro atoms. The van der Waals surface area contributed by atoms with E-state index in [4.69, 9.17) is 17.2 Å². The van der Waals surface area contributed by atoms with Gasteiger partial charge in [-0.25, -0.2) is 0 Å². The molecule has 1 heterocycles. The molecule has 10 atom stereocenters. The number of thiol groups is 2. The van der Waals surface area contributed by atoms with Crippen LogP contribution >= 0.6 is 25.3 Å². The quantitative estimate of drug-likeness (QED) is 0.0211. The number of phenols is 1. The van der Waals surface area contributed by atoms with E-state index in [1.54, 1.807) is 54.7 Å². The Labute approximate surface area is 439 Å². The molecule has 16 N–H and O–H groups in total. The van der Waals surface area contributed by atoms with Crippen LogP contribution in [0.1, 0.15) is 49.8 Å². The van der Waals surface area contributed by atoms with Crippen molar-refractivity contribution in [1.29, 1.82) is 0 Å². The van der Waals surface area contributed by atoms with Gasteiger partial charge in [0.15, 0.2) is 0 Å². The van der Waals surface area contributed by atoms with Crippen LogP contribution in [0.25, 0.3) is 10.9 Å². The molecule has 22 nitrogen and oxygen atoms in total. The van der Waals surface area contributed by atoms with Gasteiger partial charge in [-0.15, -0.1) is 0 Å². The summed E-state index contributed by atoms with van der Waals surface area (Å²) in [5.74, 6) is -7.36. The molecule has 0 aliphatic rings. The maximum absolute atomic E-state index is 14.7. The number of primary amides is 1. The van der Waals surface area contributed by atoms with Crippen LogP contribution in [-0.2, 0) is 57.6 Å². The fourth-order valence-electron chi connectivity index (χ4n) is 8.06. The molecule has 24 heteroatoms. The van der Waals surface area contributed by atoms with Gasteiger partial charge < -0.3 is 74.3 Å². The number of carbonyl (C=O) groups excluding carboxylic acids is 8. The van der Waals surface area contributed by atoms with Gasteiger partial charge in [0.25, 0.3) is 0 Å². The first-order valence-corrected chi connectivity index (χ1v) is 25.2. The molecule has 8 amide bonds. The third-order valence-corrected chi connectivity index (χ3v) is 12.9. The van der Waals surface area contributed by atoms with E-state index in [0.717, 1.165) is 15.8 Å². The molecule has 0 fully saturated rings. The third kappa shape index (κ3) is 17.5. The molecule has 0 bridgehead atoms. The van der Waals surface area contributed by atoms with Crippen LogP contribution in [0.2, 0.25) is 0 Å². The molecule has 1 aromatic heterocycles. The van der Waals surface area contributed by atoms with Crippen LogP contribution < -0.4 is 49.1 Å². The number of aromatic nitrogens is 1. The summed E-state index contributed by atoms with van der Waals surface area (Å²) >= 11 is 8.47. The molecule has 0 saturated carbocycles. The smallest absolute Gasteiger partial charge is 0.246 e. The largest absolute Gasteiger partial charge is 0.508 e. The molecular weight excluding hydrogens is 995 g/mol. The van der Waals surface area contributed by atoms with E-state index in [9.17, 15) is 53.7 Å². The highest BCUT2D eigenvalue weighted by Crippen LogP contribution is 2.20. The summed E-state index contributed by atoms with van der Waals surface area (Å²) in [6.07, 6.45) is -0.658. The Hall–Kier alpha value is -6.70. The Morgan fingerprint density at radius 3 is 1.73 bits per heavy atom. The van der Waals surface area contributed by atoms with Crippen LogP contribution in [-0.4, -0.2) is 158 Å². The van der Waals surface area contributed by atoms with Gasteiger partial charge in [0.1, 0.15) is 48.0 Å². The van der Waals surface area contributed by atoms with Crippen molar-refractivity contribution in [2.45, 2.75) is 113 Å². The fourth-order valence-corrected chi connectivity index (χ4v) is 8.56. The molecule has 74 heavy (non-hydrogen) atoms. The minimum atomic E-state index is -1.70. The number of benzene rings is 3. The predicted molar refractivity (Wildman–Crippen MR) is 283 cm³/mol. The number of aliphatic hydroxyl groups excluding tert-OH is 2. The number of aromatic hydroxyl groups is 1. The highest BCUT2D eigenvalue weighted by atomic mass is 32.1. The van der Waals surface area contributed by atoms with Gasteiger partial charge in [0, 0.05) is 48.5 Å². The van der Waals surface area contributed by atoms with Crippen molar-refractivity contribution in [2.75, 3.05) is 25.1 Å². The van der Waals surface area contributed by atoms with E-state index < -0.39 is 108 Å². The molecule has 0 unspecified atom stereocenters. The number of unbranched alkanes of at least 4 members (excludes halogenated alkanes) is 1. The number of carbonyl (C=O) groups is 8. The molecule has 0 saturated heterocycles. The van der Waals surface area contributed by atoms with Crippen LogP contribution in [0.5, 0.6) is 5.75 Å². The van der Waals surface area contributed by atoms with Crippen molar-refractivity contribution in [3.63, 3.8) is 0 Å². The molecule has 402 valence electrons. The number of nitrogens with one attached hydrogen (secondary N) is 7. The van der Waals surface area contributed by atoms with Crippen LogP contribution in [0.4, 0.5) is 0 Å². The molecule has 4 rings (SSSR count). The van der Waals surface area contributed by atoms with E-state index >= 15 is 0 Å². The number of fused-ring (bicyclic) bond motifs is 1. The SMILES string of the molecule is C[C@@H](O)[C@H](NC(=O)[C@H](CCCCN)NC(=O)[C@@H](Cc1c[nH]c2ccccc12)NC(=O)[C@H](Cc1ccccc1)NC(=O)[C@H](CS)NC(=O)[C@@H](N)Cc1ccc(O)cc1)C(=O)N[C@@H](CS)C(=O)N(C)[C@H](C(N)=O)[C@@H](C)O. The van der Waals surface area contributed by atoms with Crippen LogP contribution in [0.3, 0.4) is 0 Å². The van der Waals surface area contributed by atoms with E-state index in [-0.39, 0.29) is 49.5 Å². The Bertz CT molecular complexity index is 2530. The highest BCUT2D eigenvalue weighted by Gasteiger charge is 2.37. The Morgan fingerprint density at radius 2 is 1.15 bits per heavy atom. The summed E-state index contributed by atoms with van der Waals surface area (Å²) in [6.45, 7) is 2.70. The van der Waals surface area contributed by atoms with E-state index in [1.807, 2.05) is 18.2 Å². The van der Waals surface area contributed by atoms with Gasteiger partial charge in [-0.05, 0) is 81.0 Å². The zero-order valence-electron chi connectivity index (χ0n) is 41.4. The van der Waals surface area contributed by atoms with E-state index in [0.29, 0.717) is 29.5 Å². The summed E-state index contributed by atoms with van der Waals surface area (Å²) in [5, 5.41) is 47.0. The van der Waals surface area contributed by atoms with Gasteiger partial charge >= 0.3 is 0 Å². The maximum atomic E-state index is 14.7. The first kappa shape index (κ1) is 59.9. The standard InChI is InChI=1S/C50H69N11O11S2/c1-27(62)41(49(71)59-40(26-74)50(72)61(3)42(28(2)63)43(53)65)60-45(67)36(15-9-10-20-51)55-47(69)38(23-31-24-54-35-14-8-7-13-33(31)35)57-46(68)37(22-29-11-5-4-6-12-29)56-48(70)39(25-73)58-44(66)34(52)21-30-16-18-32(64)19-17-30/h4-8,11-14,16-19,24,27-28,34,36-42,54,62-64,73-74H,9-10,15,20-23,25-26,51-52H2,1-3H3,(H2,53,65)(H,55,69)(H,56,70)(H,57,68)(H,58,66)(H,59,71)(H,60,67)/t27-,28-,34+,36+,37+,38-,39+,40+,41+,42+/m1/s1. The van der Waals surface area contributed by atoms with Crippen molar-refractivity contribution < 1.29 is 53.7 Å². The van der Waals surface area contributed by atoms with Crippen LogP contribution in [0.15, 0.2) is 85.1 Å². The zero-order chi connectivity index (χ0) is 54.6. The lowest BCUT2D eigenvalue weighted by Gasteiger charge is -2.32. The molecule has 0 radical (unpaired) electrons. The lowest BCUT2D eigenvalue weighted by Crippen LogP contribution is -2.62. The topological polar surface area (TPSA) is 367 Å². The lowest BCUT2D eigenvalue weighted by atomic mass is 10.0. The molecular formula is C50H69N11O11S2. The predicted octanol–water partition coefficient (Wildman–Crippen LogP) is -1.80. The summed E-state index contributed by atoms with van der Waals surface area (Å²) in [5.41, 5.74) is 20.0. The van der Waals surface area contributed by atoms with Crippen molar-refractivity contribution >= 4 is 83.4 Å². The lowest BCUT2D eigenvalue weighted by molar-refractivity contribution is -0.144. The van der Waals surface area contributed by atoms with Crippen molar-refractivity contribution in [1.82, 2.24) is 41.8 Å². The van der Waals surface area contributed by atoms with Gasteiger partial charge in [-0.2, -0.15) is 25.3 Å². The number of amides is 8. The second-order valence-electron chi connectivity index (χ2n) is 17.9. The third-order valence-electron chi connectivity index (χ3n) is 12.1. The molecule has 0 aliphatic heterocycles. The second-order valence-corrected chi connectivity index (χ2v) is 18.7. The minimum absolute atomic E-state index is 0.0187. The van der Waals surface area contributed by atoms with E-state index in [2.05, 4.69) is 62.1 Å².